The molecule has 0 aromatic carbocycles. The maximum atomic E-state index is 11.2. The number of hydrogen-bond donors (Lipinski definition) is 4. The molecule has 16 heavy (non-hydrogen) atoms. The smallest absolute Gasteiger partial charge is 0.326 e. The third kappa shape index (κ3) is 6.83. The molecule has 0 aliphatic heterocycles. The second kappa shape index (κ2) is 7.70. The van der Waals surface area contributed by atoms with Crippen molar-refractivity contribution in [1.29, 1.82) is 0 Å². The Labute approximate surface area is 94.3 Å². The summed E-state index contributed by atoms with van der Waals surface area (Å²) in [6.45, 7) is 3.85. The average Bonchev–Trinajstić information content (AvgIpc) is 2.16. The Morgan fingerprint density at radius 2 is 2.00 bits per heavy atom. The number of urea groups is 1. The molecular formula is C10H18N2O4. The third-order valence-corrected chi connectivity index (χ3v) is 1.79. The van der Waals surface area contributed by atoms with Crippen molar-refractivity contribution in [2.24, 2.45) is 0 Å². The molecule has 0 spiro atoms. The third-order valence-electron chi connectivity index (χ3n) is 1.79. The van der Waals surface area contributed by atoms with Crippen LogP contribution in [-0.4, -0.2) is 41.4 Å². The normalized spacial score (nSPS) is 11.4. The van der Waals surface area contributed by atoms with Gasteiger partial charge in [0.25, 0.3) is 0 Å². The highest BCUT2D eigenvalue weighted by Gasteiger charge is 2.18. The molecule has 0 heterocycles. The van der Waals surface area contributed by atoms with E-state index in [0.717, 1.165) is 5.57 Å². The second-order valence-corrected chi connectivity index (χ2v) is 3.54. The number of aliphatic hydroxyl groups is 1. The number of aliphatic hydroxyl groups excluding tert-OH is 1. The highest BCUT2D eigenvalue weighted by Crippen LogP contribution is 1.91. The minimum Gasteiger partial charge on any atom is -0.480 e. The van der Waals surface area contributed by atoms with Crippen LogP contribution in [-0.2, 0) is 4.79 Å². The van der Waals surface area contributed by atoms with Crippen molar-refractivity contribution in [3.8, 4) is 0 Å². The molecule has 0 unspecified atom stereocenters. The summed E-state index contributed by atoms with van der Waals surface area (Å²) in [6, 6.07) is -1.62. The molecule has 6 heteroatoms. The van der Waals surface area contributed by atoms with Gasteiger partial charge in [-0.3, -0.25) is 0 Å². The van der Waals surface area contributed by atoms with Crippen LogP contribution in [0, 0.1) is 0 Å². The Morgan fingerprint density at radius 3 is 2.44 bits per heavy atom. The van der Waals surface area contributed by atoms with Gasteiger partial charge < -0.3 is 20.8 Å². The molecule has 6 nitrogen and oxygen atoms in total. The van der Waals surface area contributed by atoms with Crippen molar-refractivity contribution in [2.75, 3.05) is 13.2 Å². The van der Waals surface area contributed by atoms with Gasteiger partial charge in [-0.25, -0.2) is 9.59 Å². The van der Waals surface area contributed by atoms with Crippen molar-refractivity contribution in [3.63, 3.8) is 0 Å². The van der Waals surface area contributed by atoms with E-state index in [-0.39, 0.29) is 13.0 Å². The first-order valence-electron chi connectivity index (χ1n) is 4.98. The number of nitrogens with one attached hydrogen (secondary N) is 2. The van der Waals surface area contributed by atoms with Gasteiger partial charge in [-0.1, -0.05) is 11.6 Å². The predicted molar refractivity (Wildman–Crippen MR) is 59.1 cm³/mol. The van der Waals surface area contributed by atoms with E-state index >= 15 is 0 Å². The number of carbonyl (C=O) groups excluding carboxylic acids is 1. The fraction of sp³-hybridized carbons (Fsp3) is 0.600. The van der Waals surface area contributed by atoms with Crippen LogP contribution >= 0.6 is 0 Å². The number of carbonyl (C=O) groups is 2. The summed E-state index contributed by atoms with van der Waals surface area (Å²) in [7, 11) is 0. The first-order valence-corrected chi connectivity index (χ1v) is 4.98. The van der Waals surface area contributed by atoms with Gasteiger partial charge in [0.1, 0.15) is 6.04 Å². The van der Waals surface area contributed by atoms with E-state index in [9.17, 15) is 9.59 Å². The van der Waals surface area contributed by atoms with Gasteiger partial charge >= 0.3 is 12.0 Å². The predicted octanol–water partition coefficient (Wildman–Crippen LogP) is 0.0874. The Morgan fingerprint density at radius 1 is 1.38 bits per heavy atom. The summed E-state index contributed by atoms with van der Waals surface area (Å²) in [5.41, 5.74) is 1.06. The lowest BCUT2D eigenvalue weighted by Gasteiger charge is -2.13. The lowest BCUT2D eigenvalue weighted by atomic mass is 10.2. The molecule has 0 saturated heterocycles. The first-order chi connectivity index (χ1) is 7.47. The van der Waals surface area contributed by atoms with Crippen LogP contribution in [0.1, 0.15) is 20.3 Å². The molecule has 0 fully saturated rings. The van der Waals surface area contributed by atoms with E-state index in [1.165, 1.54) is 0 Å². The molecule has 0 saturated carbocycles. The van der Waals surface area contributed by atoms with Crippen LogP contribution in [0.4, 0.5) is 4.79 Å². The fourth-order valence-electron chi connectivity index (χ4n) is 0.944. The van der Waals surface area contributed by atoms with E-state index in [2.05, 4.69) is 10.6 Å². The summed E-state index contributed by atoms with van der Waals surface area (Å²) in [5.74, 6) is -1.16. The van der Waals surface area contributed by atoms with Crippen molar-refractivity contribution >= 4 is 12.0 Å². The van der Waals surface area contributed by atoms with Gasteiger partial charge in [0, 0.05) is 19.6 Å². The van der Waals surface area contributed by atoms with Gasteiger partial charge in [-0.05, 0) is 13.8 Å². The van der Waals surface area contributed by atoms with Gasteiger partial charge in [0.15, 0.2) is 0 Å². The summed E-state index contributed by atoms with van der Waals surface area (Å²) in [6.07, 6.45) is 1.80. The van der Waals surface area contributed by atoms with E-state index < -0.39 is 18.0 Å². The monoisotopic (exact) mass is 230 g/mol. The number of aliphatic carboxylic acids is 1. The minimum atomic E-state index is -1.16. The van der Waals surface area contributed by atoms with Gasteiger partial charge in [0.05, 0.1) is 0 Å². The number of carboxylic acid groups (broad SMARTS) is 1. The Balaban J connectivity index is 4.00. The first kappa shape index (κ1) is 14.4. The van der Waals surface area contributed by atoms with Crippen molar-refractivity contribution in [2.45, 2.75) is 26.3 Å². The van der Waals surface area contributed by atoms with Crippen LogP contribution in [0.15, 0.2) is 11.6 Å². The van der Waals surface area contributed by atoms with E-state index in [0.29, 0.717) is 6.54 Å². The molecular weight excluding hydrogens is 212 g/mol. The molecule has 4 N–H and O–H groups in total. The molecule has 1 atom stereocenters. The lowest BCUT2D eigenvalue weighted by Crippen LogP contribution is -2.46. The number of hydrogen-bond acceptors (Lipinski definition) is 3. The minimum absolute atomic E-state index is 0.00853. The fourth-order valence-corrected chi connectivity index (χ4v) is 0.944. The van der Waals surface area contributed by atoms with E-state index in [1.807, 2.05) is 13.8 Å². The maximum absolute atomic E-state index is 11.2. The zero-order valence-electron chi connectivity index (χ0n) is 9.49. The lowest BCUT2D eigenvalue weighted by molar-refractivity contribution is -0.139. The number of rotatable bonds is 6. The zero-order chi connectivity index (χ0) is 12.6. The Bertz CT molecular complexity index is 272. The molecule has 0 bridgehead atoms. The van der Waals surface area contributed by atoms with Crippen molar-refractivity contribution in [1.82, 2.24) is 10.6 Å². The molecule has 0 aromatic rings. The van der Waals surface area contributed by atoms with E-state index in [4.69, 9.17) is 10.2 Å². The van der Waals surface area contributed by atoms with Crippen molar-refractivity contribution in [3.05, 3.63) is 11.6 Å². The van der Waals surface area contributed by atoms with Crippen LogP contribution in [0.5, 0.6) is 0 Å². The Kier molecular flexibility index (Phi) is 6.95. The largest absolute Gasteiger partial charge is 0.480 e. The molecule has 2 amide bonds. The second-order valence-electron chi connectivity index (χ2n) is 3.54. The molecule has 0 aliphatic rings. The van der Waals surface area contributed by atoms with E-state index in [1.54, 1.807) is 6.08 Å². The number of carboxylic acids is 1. The quantitative estimate of drug-likeness (QED) is 0.486. The summed E-state index contributed by atoms with van der Waals surface area (Å²) >= 11 is 0. The summed E-state index contributed by atoms with van der Waals surface area (Å²) < 4.78 is 0. The van der Waals surface area contributed by atoms with Crippen molar-refractivity contribution < 1.29 is 19.8 Å². The highest BCUT2D eigenvalue weighted by atomic mass is 16.4. The van der Waals surface area contributed by atoms with Gasteiger partial charge in [-0.15, -0.1) is 0 Å². The maximum Gasteiger partial charge on any atom is 0.326 e. The average molecular weight is 230 g/mol. The summed E-state index contributed by atoms with van der Waals surface area (Å²) in [5, 5.41) is 22.0. The Hall–Kier alpha value is -1.56. The standard InChI is InChI=1S/C10H18N2O4/c1-7(2)3-5-11-10(16)12-8(4-6-13)9(14)15/h3,8,13H,4-6H2,1-2H3,(H,14,15)(H2,11,12,16)/t8-/m0/s1. The molecule has 0 rings (SSSR count). The molecule has 0 aromatic heterocycles. The molecule has 0 aliphatic carbocycles. The van der Waals surface area contributed by atoms with Gasteiger partial charge in [-0.2, -0.15) is 0 Å². The highest BCUT2D eigenvalue weighted by molar-refractivity contribution is 5.82. The van der Waals surface area contributed by atoms with Crippen LogP contribution in [0.25, 0.3) is 0 Å². The SMILES string of the molecule is CC(C)=CCNC(=O)N[C@@H](CCO)C(=O)O. The zero-order valence-corrected chi connectivity index (χ0v) is 9.49. The number of allylic oxidation sites excluding steroid dienone is 1. The topological polar surface area (TPSA) is 98.7 Å². The van der Waals surface area contributed by atoms with Crippen LogP contribution in [0.2, 0.25) is 0 Å². The summed E-state index contributed by atoms with van der Waals surface area (Å²) in [4.78, 5) is 21.9. The molecule has 0 radical (unpaired) electrons. The van der Waals surface area contributed by atoms with Gasteiger partial charge in [0.2, 0.25) is 0 Å². The number of amides is 2. The van der Waals surface area contributed by atoms with Crippen LogP contribution in [0.3, 0.4) is 0 Å². The van der Waals surface area contributed by atoms with Crippen LogP contribution < -0.4 is 10.6 Å². The molecule has 92 valence electrons.